The molecule has 4 rings (SSSR count). The molecule has 3 aromatic rings. The van der Waals surface area contributed by atoms with E-state index in [0.717, 1.165) is 0 Å². The van der Waals surface area contributed by atoms with E-state index in [4.69, 9.17) is 18.8 Å². The number of aryl methyl sites for hydroxylation is 2. The highest BCUT2D eigenvalue weighted by Gasteiger charge is 2.50. The van der Waals surface area contributed by atoms with Gasteiger partial charge in [-0.15, -0.1) is 0 Å². The fraction of sp³-hybridized carbons (Fsp3) is 0.261. The van der Waals surface area contributed by atoms with Gasteiger partial charge in [-0.2, -0.15) is 0 Å². The number of H-pyrrole nitrogens is 1. The van der Waals surface area contributed by atoms with Gasteiger partial charge in [0.1, 0.15) is 16.9 Å². The molecule has 1 aromatic heterocycles. The van der Waals surface area contributed by atoms with Gasteiger partial charge in [-0.3, -0.25) is 14.5 Å². The lowest BCUT2D eigenvalue weighted by Gasteiger charge is -2.29. The van der Waals surface area contributed by atoms with Crippen LogP contribution in [0.3, 0.4) is 0 Å². The number of rotatable bonds is 3. The van der Waals surface area contributed by atoms with E-state index < -0.39 is 16.9 Å². The number of aromatic amines is 1. The number of hydrogen-bond acceptors (Lipinski definition) is 4. The van der Waals surface area contributed by atoms with Crippen molar-refractivity contribution in [2.75, 3.05) is 9.80 Å². The summed E-state index contributed by atoms with van der Waals surface area (Å²) in [6.07, 6.45) is 0.463. The number of amides is 1. The van der Waals surface area contributed by atoms with Crippen molar-refractivity contribution in [2.24, 2.45) is 0 Å². The number of halogens is 1. The molecule has 0 saturated carbocycles. The van der Waals surface area contributed by atoms with E-state index in [1.807, 2.05) is 6.92 Å². The Labute approximate surface area is 189 Å². The number of nitrogens with one attached hydrogen (secondary N) is 1. The second kappa shape index (κ2) is 7.50. The van der Waals surface area contributed by atoms with E-state index in [1.54, 1.807) is 43.9 Å². The molecule has 9 heteroatoms. The predicted octanol–water partition coefficient (Wildman–Crippen LogP) is 4.40. The van der Waals surface area contributed by atoms with E-state index in [2.05, 4.69) is 14.8 Å². The first-order chi connectivity index (χ1) is 15.1. The Morgan fingerprint density at radius 2 is 1.94 bits per heavy atom. The first-order valence-corrected chi connectivity index (χ1v) is 10.4. The van der Waals surface area contributed by atoms with Crippen molar-refractivity contribution in [2.45, 2.75) is 39.7 Å². The summed E-state index contributed by atoms with van der Waals surface area (Å²) < 4.78 is 15.0. The zero-order valence-electron chi connectivity index (χ0n) is 18.0. The SMILES string of the molecule is [C-]#[N+]c1ccc(N2C(=O)C(C)(C)N(c3cc(F)c4nc(CC)[nH]c(=O)c4c3)C2=S)cc1C. The lowest BCUT2D eigenvalue weighted by Crippen LogP contribution is -2.44. The molecule has 0 atom stereocenters. The van der Waals surface area contributed by atoms with Gasteiger partial charge in [-0.1, -0.05) is 13.0 Å². The molecule has 0 radical (unpaired) electrons. The molecular formula is C23H20FN5O2S. The van der Waals surface area contributed by atoms with Crippen molar-refractivity contribution < 1.29 is 9.18 Å². The summed E-state index contributed by atoms with van der Waals surface area (Å²) in [7, 11) is 0. The Hall–Kier alpha value is -3.64. The molecule has 1 aliphatic heterocycles. The summed E-state index contributed by atoms with van der Waals surface area (Å²) in [5.41, 5.74) is 0.394. The van der Waals surface area contributed by atoms with E-state index in [9.17, 15) is 9.59 Å². The summed E-state index contributed by atoms with van der Waals surface area (Å²) in [6.45, 7) is 14.2. The van der Waals surface area contributed by atoms with Crippen LogP contribution in [0.1, 0.15) is 32.2 Å². The Bertz CT molecular complexity index is 1410. The quantitative estimate of drug-likeness (QED) is 0.474. The number of hydrogen-bond donors (Lipinski definition) is 1. The predicted molar refractivity (Wildman–Crippen MR) is 126 cm³/mol. The van der Waals surface area contributed by atoms with Crippen LogP contribution in [0.4, 0.5) is 21.5 Å². The molecule has 0 spiro atoms. The highest BCUT2D eigenvalue weighted by Crippen LogP contribution is 2.38. The molecule has 1 fully saturated rings. The topological polar surface area (TPSA) is 73.7 Å². The molecule has 0 aliphatic carbocycles. The molecule has 2 aromatic carbocycles. The number of aromatic nitrogens is 2. The Balaban J connectivity index is 1.86. The summed E-state index contributed by atoms with van der Waals surface area (Å²) in [6, 6.07) is 7.76. The minimum Gasteiger partial charge on any atom is -0.310 e. The van der Waals surface area contributed by atoms with Crippen LogP contribution in [0.5, 0.6) is 0 Å². The number of carbonyl (C=O) groups excluding carboxylic acids is 1. The zero-order valence-corrected chi connectivity index (χ0v) is 18.8. The Morgan fingerprint density at radius 1 is 1.22 bits per heavy atom. The first-order valence-electron chi connectivity index (χ1n) is 9.99. The maximum absolute atomic E-state index is 15.0. The molecule has 1 aliphatic rings. The molecular weight excluding hydrogens is 429 g/mol. The normalized spacial score (nSPS) is 15.5. The second-order valence-corrected chi connectivity index (χ2v) is 8.46. The summed E-state index contributed by atoms with van der Waals surface area (Å²) in [5, 5.41) is 0.238. The average Bonchev–Trinajstić information content (AvgIpc) is 2.92. The first kappa shape index (κ1) is 21.6. The molecule has 1 saturated heterocycles. The van der Waals surface area contributed by atoms with Crippen LogP contribution >= 0.6 is 12.2 Å². The van der Waals surface area contributed by atoms with Crippen molar-refractivity contribution in [3.8, 4) is 0 Å². The number of carbonyl (C=O) groups is 1. The van der Waals surface area contributed by atoms with Gasteiger partial charge in [0.2, 0.25) is 0 Å². The van der Waals surface area contributed by atoms with Crippen molar-refractivity contribution in [3.63, 3.8) is 0 Å². The highest BCUT2D eigenvalue weighted by molar-refractivity contribution is 7.81. The second-order valence-electron chi connectivity index (χ2n) is 8.09. The summed E-state index contributed by atoms with van der Waals surface area (Å²) >= 11 is 5.64. The van der Waals surface area contributed by atoms with Crippen molar-refractivity contribution in [1.82, 2.24) is 9.97 Å². The third-order valence-electron chi connectivity index (χ3n) is 5.62. The zero-order chi connectivity index (χ0) is 23.4. The minimum atomic E-state index is -1.13. The van der Waals surface area contributed by atoms with E-state index in [0.29, 0.717) is 29.2 Å². The van der Waals surface area contributed by atoms with E-state index in [-0.39, 0.29) is 27.6 Å². The third-order valence-corrected chi connectivity index (χ3v) is 5.98. The largest absolute Gasteiger partial charge is 0.310 e. The number of fused-ring (bicyclic) bond motifs is 1. The number of anilines is 2. The van der Waals surface area contributed by atoms with Gasteiger partial charge >= 0.3 is 0 Å². The fourth-order valence-corrected chi connectivity index (χ4v) is 4.41. The lowest BCUT2D eigenvalue weighted by molar-refractivity contribution is -0.120. The molecule has 1 N–H and O–H groups in total. The average molecular weight is 450 g/mol. The van der Waals surface area contributed by atoms with Crippen LogP contribution in [-0.2, 0) is 11.2 Å². The molecule has 1 amide bonds. The minimum absolute atomic E-state index is 0.0224. The maximum Gasteiger partial charge on any atom is 0.259 e. The Morgan fingerprint density at radius 3 is 2.56 bits per heavy atom. The van der Waals surface area contributed by atoms with Gasteiger partial charge in [0.25, 0.3) is 11.5 Å². The summed E-state index contributed by atoms with van der Waals surface area (Å²) in [4.78, 5) is 39.1. The lowest BCUT2D eigenvalue weighted by atomic mass is 10.0. The van der Waals surface area contributed by atoms with Crippen LogP contribution in [0.2, 0.25) is 0 Å². The number of benzene rings is 2. The monoisotopic (exact) mass is 449 g/mol. The molecule has 32 heavy (non-hydrogen) atoms. The van der Waals surface area contributed by atoms with Crippen molar-refractivity contribution in [3.05, 3.63) is 69.3 Å². The van der Waals surface area contributed by atoms with Gasteiger partial charge in [-0.05, 0) is 62.8 Å². The van der Waals surface area contributed by atoms with Crippen molar-refractivity contribution in [1.29, 1.82) is 0 Å². The Kier molecular flexibility index (Phi) is 5.06. The van der Waals surface area contributed by atoms with Crippen molar-refractivity contribution >= 4 is 51.2 Å². The van der Waals surface area contributed by atoms with Gasteiger partial charge in [-0.25, -0.2) is 14.2 Å². The number of thiocarbonyl (C=S) groups is 1. The molecule has 162 valence electrons. The molecule has 7 nitrogen and oxygen atoms in total. The molecule has 0 bridgehead atoms. The van der Waals surface area contributed by atoms with Crippen LogP contribution < -0.4 is 15.4 Å². The van der Waals surface area contributed by atoms with Crippen LogP contribution in [-0.4, -0.2) is 26.5 Å². The van der Waals surface area contributed by atoms with Crippen LogP contribution in [0, 0.1) is 19.3 Å². The molecule has 2 heterocycles. The van der Waals surface area contributed by atoms with Gasteiger partial charge in [0, 0.05) is 17.8 Å². The van der Waals surface area contributed by atoms with Gasteiger partial charge in [0.15, 0.2) is 16.6 Å². The third kappa shape index (κ3) is 3.15. The van der Waals surface area contributed by atoms with Crippen LogP contribution in [0.25, 0.3) is 15.7 Å². The van der Waals surface area contributed by atoms with E-state index in [1.165, 1.54) is 17.0 Å². The van der Waals surface area contributed by atoms with Gasteiger partial charge in [0.05, 0.1) is 12.0 Å². The molecule has 0 unspecified atom stereocenters. The maximum atomic E-state index is 15.0. The van der Waals surface area contributed by atoms with Crippen LogP contribution in [0.15, 0.2) is 35.1 Å². The highest BCUT2D eigenvalue weighted by atomic mass is 32.1. The number of nitrogens with zero attached hydrogens (tertiary/aromatic N) is 4. The standard InChI is InChI=1S/C23H20FN5O2S/c1-6-18-26-19-15(20(30)27-18)10-14(11-16(19)24)29-22(32)28(21(31)23(29,3)4)13-7-8-17(25-5)12(2)9-13/h7-11H,6H2,1-4H3,(H,26,27,30). The smallest absolute Gasteiger partial charge is 0.259 e. The van der Waals surface area contributed by atoms with Gasteiger partial charge < -0.3 is 9.88 Å². The summed E-state index contributed by atoms with van der Waals surface area (Å²) in [5.74, 6) is -0.572. The fourth-order valence-electron chi connectivity index (χ4n) is 3.89. The van der Waals surface area contributed by atoms with E-state index >= 15 is 4.39 Å².